The van der Waals surface area contributed by atoms with E-state index in [-0.39, 0.29) is 29.6 Å². The number of unbranched alkanes of at least 4 members (excludes halogenated alkanes) is 1. The van der Waals surface area contributed by atoms with Gasteiger partial charge >= 0.3 is 18.2 Å². The molecule has 0 bridgehead atoms. The Morgan fingerprint density at radius 3 is 2.36 bits per heavy atom. The van der Waals surface area contributed by atoms with Crippen molar-refractivity contribution in [2.24, 2.45) is 11.8 Å². The first-order valence-electron chi connectivity index (χ1n) is 16.4. The molecule has 45 heavy (non-hydrogen) atoms. The van der Waals surface area contributed by atoms with Crippen LogP contribution >= 0.6 is 0 Å². The van der Waals surface area contributed by atoms with E-state index >= 15 is 0 Å². The zero-order valence-electron chi connectivity index (χ0n) is 28.9. The molecule has 0 aromatic heterocycles. The van der Waals surface area contributed by atoms with Crippen LogP contribution in [0, 0.1) is 11.8 Å². The maximum absolute atomic E-state index is 13.4. The van der Waals surface area contributed by atoms with Crippen molar-refractivity contribution in [3.8, 4) is 0 Å². The second-order valence-electron chi connectivity index (χ2n) is 14.9. The van der Waals surface area contributed by atoms with E-state index < -0.39 is 38.1 Å². The lowest BCUT2D eigenvalue weighted by Crippen LogP contribution is -2.54. The molecule has 2 aliphatic rings. The van der Waals surface area contributed by atoms with Gasteiger partial charge in [0.25, 0.3) is 0 Å². The summed E-state index contributed by atoms with van der Waals surface area (Å²) >= 11 is 0. The number of benzene rings is 1. The molecule has 1 heterocycles. The topological polar surface area (TPSA) is 103 Å². The maximum Gasteiger partial charge on any atom is 0.410 e. The predicted octanol–water partition coefficient (Wildman–Crippen LogP) is 7.61. The minimum atomic E-state index is -1.85. The first-order chi connectivity index (χ1) is 21.0. The molecule has 1 aromatic rings. The summed E-state index contributed by atoms with van der Waals surface area (Å²) < 4.78 is 23.0. The molecule has 3 rings (SSSR count). The fourth-order valence-electron chi connectivity index (χ4n) is 5.89. The number of methoxy groups -OCH3 is 1. The van der Waals surface area contributed by atoms with Crippen LogP contribution < -0.4 is 5.32 Å². The number of fused-ring (bicyclic) bond motifs is 1. The van der Waals surface area contributed by atoms with E-state index in [0.717, 1.165) is 36.8 Å². The number of hydrogen-bond donors (Lipinski definition) is 1. The summed E-state index contributed by atoms with van der Waals surface area (Å²) in [6.07, 6.45) is 5.64. The highest BCUT2D eigenvalue weighted by molar-refractivity contribution is 6.74. The Morgan fingerprint density at radius 2 is 1.73 bits per heavy atom. The van der Waals surface area contributed by atoms with Gasteiger partial charge < -0.3 is 28.9 Å². The number of ether oxygens (including phenoxy) is 3. The van der Waals surface area contributed by atoms with Crippen LogP contribution in [0.2, 0.25) is 18.1 Å². The Morgan fingerprint density at radius 1 is 1.04 bits per heavy atom. The Bertz CT molecular complexity index is 1170. The smallest absolute Gasteiger partial charge is 0.410 e. The van der Waals surface area contributed by atoms with Crippen molar-refractivity contribution < 1.29 is 33.0 Å². The molecule has 1 saturated heterocycles. The summed E-state index contributed by atoms with van der Waals surface area (Å²) in [5.74, 6) is -1.07. The molecule has 4 atom stereocenters. The van der Waals surface area contributed by atoms with Gasteiger partial charge in [0.1, 0.15) is 12.2 Å². The number of likely N-dealkylation sites (tertiary alicyclic amines) is 1. The standard InChI is InChI=1S/C35H56N2O7Si/c1-34(2,3)44-32(39)36-29(19-13-14-21-43-45(8,9)35(4,5)6)27-22-26-18-15-20-37(30(26)28(23-27)31(38)41-7)33(40)42-24-25-16-11-10-12-17-25/h10-12,16-17,22,27-30H,13-15,18-21,23-24H2,1-9H3,(H,36,39). The predicted molar refractivity (Wildman–Crippen MR) is 178 cm³/mol. The highest BCUT2D eigenvalue weighted by Gasteiger charge is 2.46. The Kier molecular flexibility index (Phi) is 12.7. The highest BCUT2D eigenvalue weighted by atomic mass is 28.4. The van der Waals surface area contributed by atoms with E-state index in [9.17, 15) is 14.4 Å². The van der Waals surface area contributed by atoms with Gasteiger partial charge in [-0.25, -0.2) is 9.59 Å². The molecular weight excluding hydrogens is 588 g/mol. The van der Waals surface area contributed by atoms with Gasteiger partial charge in [-0.2, -0.15) is 0 Å². The van der Waals surface area contributed by atoms with Gasteiger partial charge in [0.05, 0.1) is 19.1 Å². The van der Waals surface area contributed by atoms with Crippen molar-refractivity contribution in [3.05, 3.63) is 47.5 Å². The van der Waals surface area contributed by atoms with Crippen LogP contribution in [0.5, 0.6) is 0 Å². The van der Waals surface area contributed by atoms with Gasteiger partial charge in [0.2, 0.25) is 0 Å². The molecule has 0 radical (unpaired) electrons. The number of nitrogens with zero attached hydrogens (tertiary/aromatic N) is 1. The molecule has 10 heteroatoms. The average molecular weight is 645 g/mol. The van der Waals surface area contributed by atoms with Gasteiger partial charge in [0.15, 0.2) is 8.32 Å². The first kappa shape index (κ1) is 36.6. The van der Waals surface area contributed by atoms with Crippen LogP contribution in [0.3, 0.4) is 0 Å². The van der Waals surface area contributed by atoms with Gasteiger partial charge in [-0.05, 0) is 88.9 Å². The number of nitrogens with one attached hydrogen (secondary N) is 1. The highest BCUT2D eigenvalue weighted by Crippen LogP contribution is 2.40. The normalized spacial score (nSPS) is 21.2. The number of rotatable bonds is 11. The zero-order valence-corrected chi connectivity index (χ0v) is 29.9. The number of alkyl carbamates (subject to hydrolysis) is 1. The van der Waals surface area contributed by atoms with Crippen LogP contribution in [-0.4, -0.2) is 69.3 Å². The number of carbonyl (C=O) groups is 3. The van der Waals surface area contributed by atoms with Crippen LogP contribution in [0.15, 0.2) is 42.0 Å². The molecule has 0 saturated carbocycles. The summed E-state index contributed by atoms with van der Waals surface area (Å²) in [5.41, 5.74) is 1.28. The fraction of sp³-hybridized carbons (Fsp3) is 0.686. The van der Waals surface area contributed by atoms with Gasteiger partial charge in [-0.1, -0.05) is 62.8 Å². The quantitative estimate of drug-likeness (QED) is 0.0870. The van der Waals surface area contributed by atoms with Gasteiger partial charge in [0, 0.05) is 19.2 Å². The number of hydrogen-bond acceptors (Lipinski definition) is 7. The van der Waals surface area contributed by atoms with Crippen molar-refractivity contribution in [1.82, 2.24) is 10.2 Å². The lowest BCUT2D eigenvalue weighted by atomic mass is 9.72. The number of carbonyl (C=O) groups excluding carboxylic acids is 3. The second kappa shape index (κ2) is 15.6. The van der Waals surface area contributed by atoms with E-state index in [1.807, 2.05) is 51.1 Å². The molecule has 252 valence electrons. The number of amides is 2. The van der Waals surface area contributed by atoms with E-state index in [1.165, 1.54) is 7.11 Å². The molecular formula is C35H56N2O7Si. The lowest BCUT2D eigenvalue weighted by molar-refractivity contribution is -0.148. The monoisotopic (exact) mass is 644 g/mol. The van der Waals surface area contributed by atoms with E-state index in [4.69, 9.17) is 18.6 Å². The molecule has 0 spiro atoms. The van der Waals surface area contributed by atoms with Gasteiger partial charge in [-0.3, -0.25) is 4.79 Å². The molecule has 9 nitrogen and oxygen atoms in total. The minimum absolute atomic E-state index is 0.130. The summed E-state index contributed by atoms with van der Waals surface area (Å²) in [5, 5.41) is 3.27. The third-order valence-electron chi connectivity index (χ3n) is 9.26. The van der Waals surface area contributed by atoms with Gasteiger partial charge in [-0.15, -0.1) is 0 Å². The van der Waals surface area contributed by atoms with E-state index in [1.54, 1.807) is 4.90 Å². The van der Waals surface area contributed by atoms with Crippen molar-refractivity contribution in [3.63, 3.8) is 0 Å². The largest absolute Gasteiger partial charge is 0.469 e. The molecule has 1 aliphatic heterocycles. The Hall–Kier alpha value is -2.85. The minimum Gasteiger partial charge on any atom is -0.469 e. The maximum atomic E-state index is 13.4. The summed E-state index contributed by atoms with van der Waals surface area (Å²) in [7, 11) is -0.463. The third-order valence-corrected chi connectivity index (χ3v) is 13.8. The summed E-state index contributed by atoms with van der Waals surface area (Å²) in [6, 6.07) is 8.86. The van der Waals surface area contributed by atoms with Crippen LogP contribution in [-0.2, 0) is 30.0 Å². The molecule has 1 N–H and O–H groups in total. The Balaban J connectivity index is 1.79. The van der Waals surface area contributed by atoms with E-state index in [0.29, 0.717) is 26.0 Å². The number of esters is 1. The molecule has 4 unspecified atom stereocenters. The van der Waals surface area contributed by atoms with Crippen molar-refractivity contribution in [1.29, 1.82) is 0 Å². The molecule has 1 aliphatic carbocycles. The second-order valence-corrected chi connectivity index (χ2v) is 19.7. The van der Waals surface area contributed by atoms with Crippen LogP contribution in [0.4, 0.5) is 9.59 Å². The van der Waals surface area contributed by atoms with E-state index in [2.05, 4.69) is 45.3 Å². The lowest BCUT2D eigenvalue weighted by Gasteiger charge is -2.45. The third kappa shape index (κ3) is 10.6. The van der Waals surface area contributed by atoms with Crippen LogP contribution in [0.1, 0.15) is 85.6 Å². The van der Waals surface area contributed by atoms with Crippen molar-refractivity contribution in [2.75, 3.05) is 20.3 Å². The molecule has 2 amide bonds. The SMILES string of the molecule is COC(=O)C1CC(C(CCCCO[Si](C)(C)C(C)(C)C)NC(=O)OC(C)(C)C)C=C2CCCN(C(=O)OCc3ccccc3)C21. The van der Waals surface area contributed by atoms with Crippen LogP contribution in [0.25, 0.3) is 0 Å². The average Bonchev–Trinajstić information content (AvgIpc) is 2.96. The summed E-state index contributed by atoms with van der Waals surface area (Å²) in [6.45, 7) is 18.1. The zero-order chi connectivity index (χ0) is 33.4. The number of piperidine rings is 1. The molecule has 1 aromatic carbocycles. The Labute approximate surface area is 271 Å². The molecule has 1 fully saturated rings. The summed E-state index contributed by atoms with van der Waals surface area (Å²) in [4.78, 5) is 41.3. The van der Waals surface area contributed by atoms with Crippen molar-refractivity contribution in [2.45, 2.75) is 122 Å². The fourth-order valence-corrected chi connectivity index (χ4v) is 6.98. The van der Waals surface area contributed by atoms with Crippen molar-refractivity contribution >= 4 is 26.5 Å². The first-order valence-corrected chi connectivity index (χ1v) is 19.3.